The molecule has 2 rings (SSSR count). The van der Waals surface area contributed by atoms with Crippen molar-refractivity contribution in [3.05, 3.63) is 51.9 Å². The highest BCUT2D eigenvalue weighted by Crippen LogP contribution is 2.16. The minimum atomic E-state index is -0.149. The van der Waals surface area contributed by atoms with E-state index in [0.717, 1.165) is 17.9 Å². The van der Waals surface area contributed by atoms with Gasteiger partial charge in [-0.1, -0.05) is 23.9 Å². The summed E-state index contributed by atoms with van der Waals surface area (Å²) in [6.07, 6.45) is 0.896. The van der Waals surface area contributed by atoms with Crippen LogP contribution < -0.4 is 10.3 Å². The molecular weight excluding hydrogens is 288 g/mol. The first kappa shape index (κ1) is 15.6. The number of hydrogen-bond donors (Lipinski definition) is 1. The fourth-order valence-electron chi connectivity index (χ4n) is 1.83. The van der Waals surface area contributed by atoms with E-state index in [1.807, 2.05) is 24.3 Å². The van der Waals surface area contributed by atoms with Crippen molar-refractivity contribution < 1.29 is 9.47 Å². The molecule has 1 N–H and O–H groups in total. The van der Waals surface area contributed by atoms with Crippen LogP contribution in [0.4, 0.5) is 0 Å². The van der Waals surface area contributed by atoms with Gasteiger partial charge >= 0.3 is 0 Å². The van der Waals surface area contributed by atoms with E-state index >= 15 is 0 Å². The van der Waals surface area contributed by atoms with Crippen molar-refractivity contribution in [2.24, 2.45) is 0 Å². The van der Waals surface area contributed by atoms with Crippen molar-refractivity contribution in [1.29, 1.82) is 0 Å². The van der Waals surface area contributed by atoms with Crippen LogP contribution in [0, 0.1) is 0 Å². The number of methoxy groups -OCH3 is 2. The average Bonchev–Trinajstić information content (AvgIpc) is 2.48. The fourth-order valence-corrected chi connectivity index (χ4v) is 2.72. The van der Waals surface area contributed by atoms with Gasteiger partial charge in [0.25, 0.3) is 5.56 Å². The molecule has 0 saturated heterocycles. The van der Waals surface area contributed by atoms with E-state index in [4.69, 9.17) is 9.47 Å². The fraction of sp³-hybridized carbons (Fsp3) is 0.333. The molecule has 0 spiro atoms. The van der Waals surface area contributed by atoms with Crippen molar-refractivity contribution in [2.75, 3.05) is 20.0 Å². The highest BCUT2D eigenvalue weighted by molar-refractivity contribution is 7.99. The Kier molecular flexibility index (Phi) is 5.83. The van der Waals surface area contributed by atoms with Crippen molar-refractivity contribution in [1.82, 2.24) is 9.97 Å². The van der Waals surface area contributed by atoms with Crippen LogP contribution in [0.1, 0.15) is 11.3 Å². The molecule has 0 amide bonds. The Morgan fingerprint density at radius 3 is 2.67 bits per heavy atom. The molecule has 1 heterocycles. The number of ether oxygens (including phenoxy) is 2. The molecule has 21 heavy (non-hydrogen) atoms. The Hall–Kier alpha value is -1.79. The van der Waals surface area contributed by atoms with Crippen LogP contribution in [0.3, 0.4) is 0 Å². The number of hydrogen-bond acceptors (Lipinski definition) is 5. The normalized spacial score (nSPS) is 10.6. The Balaban J connectivity index is 1.91. The number of benzene rings is 1. The Morgan fingerprint density at radius 2 is 2.00 bits per heavy atom. The van der Waals surface area contributed by atoms with Crippen LogP contribution >= 0.6 is 11.8 Å². The molecule has 6 heteroatoms. The van der Waals surface area contributed by atoms with E-state index in [9.17, 15) is 4.79 Å². The molecule has 0 unspecified atom stereocenters. The third kappa shape index (κ3) is 4.91. The molecule has 1 aromatic carbocycles. The van der Waals surface area contributed by atoms with Crippen molar-refractivity contribution >= 4 is 11.8 Å². The summed E-state index contributed by atoms with van der Waals surface area (Å²) in [5.41, 5.74) is 1.72. The summed E-state index contributed by atoms with van der Waals surface area (Å²) in [4.78, 5) is 18.6. The summed E-state index contributed by atoms with van der Waals surface area (Å²) in [6, 6.07) is 9.42. The first-order chi connectivity index (χ1) is 10.2. The van der Waals surface area contributed by atoms with Gasteiger partial charge in [0.2, 0.25) is 0 Å². The van der Waals surface area contributed by atoms with Crippen LogP contribution in [-0.4, -0.2) is 29.9 Å². The monoisotopic (exact) mass is 306 g/mol. The van der Waals surface area contributed by atoms with Crippen molar-refractivity contribution in [3.63, 3.8) is 0 Å². The highest BCUT2D eigenvalue weighted by Gasteiger charge is 2.03. The second-order valence-corrected chi connectivity index (χ2v) is 5.51. The number of aryl methyl sites for hydroxylation is 1. The Labute approximate surface area is 127 Å². The summed E-state index contributed by atoms with van der Waals surface area (Å²) >= 11 is 1.53. The maximum atomic E-state index is 11.5. The molecule has 0 fully saturated rings. The topological polar surface area (TPSA) is 64.2 Å². The quantitative estimate of drug-likeness (QED) is 0.628. The minimum Gasteiger partial charge on any atom is -0.497 e. The van der Waals surface area contributed by atoms with Gasteiger partial charge in [0, 0.05) is 18.9 Å². The summed E-state index contributed by atoms with van der Waals surface area (Å²) < 4.78 is 10.1. The van der Waals surface area contributed by atoms with Gasteiger partial charge in [0.1, 0.15) is 5.75 Å². The number of thioether (sulfide) groups is 1. The van der Waals surface area contributed by atoms with Crippen LogP contribution in [0.2, 0.25) is 0 Å². The Morgan fingerprint density at radius 1 is 1.24 bits per heavy atom. The van der Waals surface area contributed by atoms with Gasteiger partial charge in [0.05, 0.1) is 19.4 Å². The summed E-state index contributed by atoms with van der Waals surface area (Å²) in [5, 5.41) is 0.628. The van der Waals surface area contributed by atoms with Gasteiger partial charge in [-0.25, -0.2) is 4.98 Å². The van der Waals surface area contributed by atoms with Gasteiger partial charge in [-0.3, -0.25) is 4.79 Å². The van der Waals surface area contributed by atoms with Gasteiger partial charge in [-0.2, -0.15) is 0 Å². The lowest BCUT2D eigenvalue weighted by Crippen LogP contribution is -2.10. The summed E-state index contributed by atoms with van der Waals surface area (Å²) in [7, 11) is 3.24. The van der Waals surface area contributed by atoms with Gasteiger partial charge < -0.3 is 14.5 Å². The lowest BCUT2D eigenvalue weighted by molar-refractivity contribution is 0.180. The standard InChI is InChI=1S/C15H18N2O3S/c1-19-10-12-9-14(18)17-15(16-12)21-8-7-11-3-5-13(20-2)6-4-11/h3-6,9H,7-8,10H2,1-2H3,(H,16,17,18). The lowest BCUT2D eigenvalue weighted by atomic mass is 10.2. The number of nitrogens with zero attached hydrogens (tertiary/aromatic N) is 1. The lowest BCUT2D eigenvalue weighted by Gasteiger charge is -2.05. The van der Waals surface area contributed by atoms with Crippen LogP contribution in [0.15, 0.2) is 40.3 Å². The number of rotatable bonds is 7. The van der Waals surface area contributed by atoms with Crippen LogP contribution in [-0.2, 0) is 17.8 Å². The summed E-state index contributed by atoms with van der Waals surface area (Å²) in [5.74, 6) is 1.69. The predicted molar refractivity (Wildman–Crippen MR) is 83.0 cm³/mol. The molecule has 1 aromatic heterocycles. The molecule has 5 nitrogen and oxygen atoms in total. The third-order valence-electron chi connectivity index (χ3n) is 2.85. The minimum absolute atomic E-state index is 0.149. The second-order valence-electron chi connectivity index (χ2n) is 4.42. The van der Waals surface area contributed by atoms with Crippen molar-refractivity contribution in [2.45, 2.75) is 18.2 Å². The van der Waals surface area contributed by atoms with E-state index in [1.165, 1.54) is 23.4 Å². The van der Waals surface area contributed by atoms with E-state index < -0.39 is 0 Å². The maximum absolute atomic E-state index is 11.5. The molecule has 0 aliphatic heterocycles. The smallest absolute Gasteiger partial charge is 0.251 e. The average molecular weight is 306 g/mol. The SMILES string of the molecule is COCc1cc(=O)[nH]c(SCCc2ccc(OC)cc2)n1. The first-order valence-corrected chi connectivity index (χ1v) is 7.54. The van der Waals surface area contributed by atoms with Gasteiger partial charge in [-0.05, 0) is 24.1 Å². The van der Waals surface area contributed by atoms with E-state index in [0.29, 0.717) is 17.5 Å². The van der Waals surface area contributed by atoms with E-state index in [2.05, 4.69) is 9.97 Å². The molecule has 0 aliphatic rings. The van der Waals surface area contributed by atoms with Crippen LogP contribution in [0.25, 0.3) is 0 Å². The predicted octanol–water partition coefficient (Wildman–Crippen LogP) is 2.26. The molecule has 0 atom stereocenters. The first-order valence-electron chi connectivity index (χ1n) is 6.56. The molecule has 112 valence electrons. The van der Waals surface area contributed by atoms with Gasteiger partial charge in [0.15, 0.2) is 5.16 Å². The van der Waals surface area contributed by atoms with Crippen molar-refractivity contribution in [3.8, 4) is 5.75 Å². The zero-order chi connectivity index (χ0) is 15.1. The number of aromatic amines is 1. The zero-order valence-electron chi connectivity index (χ0n) is 12.1. The van der Waals surface area contributed by atoms with Gasteiger partial charge in [-0.15, -0.1) is 0 Å². The largest absolute Gasteiger partial charge is 0.497 e. The highest BCUT2D eigenvalue weighted by atomic mass is 32.2. The molecular formula is C15H18N2O3S. The molecule has 2 aromatic rings. The molecule has 0 aliphatic carbocycles. The molecule has 0 radical (unpaired) electrons. The third-order valence-corrected chi connectivity index (χ3v) is 3.73. The van der Waals surface area contributed by atoms with E-state index in [1.54, 1.807) is 14.2 Å². The van der Waals surface area contributed by atoms with Crippen LogP contribution in [0.5, 0.6) is 5.75 Å². The van der Waals surface area contributed by atoms with E-state index in [-0.39, 0.29) is 5.56 Å². The number of aromatic nitrogens is 2. The number of nitrogens with one attached hydrogen (secondary N) is 1. The molecule has 0 saturated carbocycles. The Bertz CT molecular complexity index is 626. The number of H-pyrrole nitrogens is 1. The summed E-state index contributed by atoms with van der Waals surface area (Å²) in [6.45, 7) is 0.343. The zero-order valence-corrected chi connectivity index (χ0v) is 12.9. The maximum Gasteiger partial charge on any atom is 0.251 e. The second kappa shape index (κ2) is 7.85. The molecule has 0 bridgehead atoms.